The maximum absolute atomic E-state index is 13.1. The molecule has 140 valence electrons. The molecule has 0 fully saturated rings. The Morgan fingerprint density at radius 1 is 1.37 bits per heavy atom. The lowest BCUT2D eigenvalue weighted by molar-refractivity contribution is 0.299. The first kappa shape index (κ1) is 18.4. The maximum atomic E-state index is 13.1. The van der Waals surface area contributed by atoms with Crippen LogP contribution in [0.1, 0.15) is 11.9 Å². The van der Waals surface area contributed by atoms with Crippen LogP contribution in [-0.4, -0.2) is 41.3 Å². The van der Waals surface area contributed by atoms with E-state index in [1.807, 2.05) is 36.6 Å². The van der Waals surface area contributed by atoms with Crippen LogP contribution in [0.4, 0.5) is 0 Å². The summed E-state index contributed by atoms with van der Waals surface area (Å²) in [6.45, 7) is 1.99. The fourth-order valence-corrected chi connectivity index (χ4v) is 5.57. The number of nitrogens with zero attached hydrogens (tertiary/aromatic N) is 3. The molecule has 0 radical (unpaired) electrons. The summed E-state index contributed by atoms with van der Waals surface area (Å²) < 4.78 is 27.6. The Morgan fingerprint density at radius 2 is 2.19 bits per heavy atom. The summed E-state index contributed by atoms with van der Waals surface area (Å²) in [5.41, 5.74) is 1.27. The molecule has 6 nitrogen and oxygen atoms in total. The van der Waals surface area contributed by atoms with Crippen LogP contribution in [0.3, 0.4) is 0 Å². The maximum Gasteiger partial charge on any atom is 0.260 e. The Balaban J connectivity index is 1.69. The van der Waals surface area contributed by atoms with E-state index >= 15 is 0 Å². The second kappa shape index (κ2) is 6.56. The van der Waals surface area contributed by atoms with Gasteiger partial charge in [0.2, 0.25) is 0 Å². The van der Waals surface area contributed by atoms with Gasteiger partial charge in [-0.3, -0.25) is 0 Å². The Hall–Kier alpha value is -2.00. The number of rotatable bonds is 4. The number of likely N-dealkylation sites (N-methyl/N-ethyl adjacent to an activating group) is 1. The molecule has 27 heavy (non-hydrogen) atoms. The quantitative estimate of drug-likeness (QED) is 0.769. The molecule has 9 heteroatoms. The van der Waals surface area contributed by atoms with Crippen molar-refractivity contribution in [3.63, 3.8) is 0 Å². The zero-order chi connectivity index (χ0) is 19.2. The van der Waals surface area contributed by atoms with E-state index in [0.717, 1.165) is 16.3 Å². The zero-order valence-electron chi connectivity index (χ0n) is 14.6. The van der Waals surface area contributed by atoms with Crippen LogP contribution < -0.4 is 5.32 Å². The van der Waals surface area contributed by atoms with Crippen LogP contribution in [0.25, 0.3) is 5.70 Å². The minimum Gasteiger partial charge on any atom is -0.371 e. The Morgan fingerprint density at radius 3 is 2.89 bits per heavy atom. The molecule has 3 heterocycles. The first-order chi connectivity index (χ1) is 12.8. The van der Waals surface area contributed by atoms with Gasteiger partial charge in [0.25, 0.3) is 10.0 Å². The highest BCUT2D eigenvalue weighted by atomic mass is 35.5. The molecule has 2 unspecified atom stereocenters. The monoisotopic (exact) mass is 420 g/mol. The average molecular weight is 421 g/mol. The normalized spacial score (nSPS) is 24.4. The third-order valence-corrected chi connectivity index (χ3v) is 7.60. The van der Waals surface area contributed by atoms with Gasteiger partial charge in [-0.15, -0.1) is 11.3 Å². The summed E-state index contributed by atoms with van der Waals surface area (Å²) in [6, 6.07) is 4.13. The number of nitrogens with one attached hydrogen (secondary N) is 1. The van der Waals surface area contributed by atoms with E-state index in [1.54, 1.807) is 25.4 Å². The molecule has 0 saturated heterocycles. The minimum atomic E-state index is -3.83. The molecule has 2 aromatic heterocycles. The summed E-state index contributed by atoms with van der Waals surface area (Å²) >= 11 is 7.42. The number of halogens is 1. The van der Waals surface area contributed by atoms with Gasteiger partial charge in [-0.2, -0.15) is 4.31 Å². The second-order valence-corrected chi connectivity index (χ2v) is 9.72. The second-order valence-electron chi connectivity index (χ2n) is 6.49. The molecule has 4 rings (SSSR count). The number of sulfonamides is 1. The van der Waals surface area contributed by atoms with E-state index in [9.17, 15) is 8.42 Å². The molecule has 0 bridgehead atoms. The fourth-order valence-electron chi connectivity index (χ4n) is 3.40. The van der Waals surface area contributed by atoms with E-state index in [0.29, 0.717) is 0 Å². The molecule has 1 N–H and O–H groups in total. The van der Waals surface area contributed by atoms with Gasteiger partial charge in [-0.25, -0.2) is 18.4 Å². The fraction of sp³-hybridized carbons (Fsp3) is 0.222. The van der Waals surface area contributed by atoms with Crippen molar-refractivity contribution in [2.45, 2.75) is 23.5 Å². The number of hydrogen-bond acceptors (Lipinski definition) is 6. The minimum absolute atomic E-state index is 0.0725. The van der Waals surface area contributed by atoms with E-state index in [2.05, 4.69) is 15.3 Å². The number of pyridine rings is 1. The highest BCUT2D eigenvalue weighted by Crippen LogP contribution is 2.39. The highest BCUT2D eigenvalue weighted by molar-refractivity contribution is 7.89. The summed E-state index contributed by atoms with van der Waals surface area (Å²) in [4.78, 5) is 8.33. The van der Waals surface area contributed by atoms with E-state index in [1.165, 1.54) is 21.7 Å². The lowest BCUT2D eigenvalue weighted by Gasteiger charge is -2.41. The van der Waals surface area contributed by atoms with Crippen molar-refractivity contribution in [1.82, 2.24) is 19.6 Å². The summed E-state index contributed by atoms with van der Waals surface area (Å²) in [5.74, 6) is 0. The summed E-state index contributed by atoms with van der Waals surface area (Å²) in [7, 11) is -2.27. The molecule has 0 saturated carbocycles. The van der Waals surface area contributed by atoms with Gasteiger partial charge in [0.15, 0.2) is 5.03 Å². The van der Waals surface area contributed by atoms with E-state index in [-0.39, 0.29) is 10.2 Å². The average Bonchev–Trinajstić information content (AvgIpc) is 3.27. The predicted molar refractivity (Wildman–Crippen MR) is 107 cm³/mol. The smallest absolute Gasteiger partial charge is 0.260 e. The van der Waals surface area contributed by atoms with Gasteiger partial charge in [0.1, 0.15) is 10.2 Å². The van der Waals surface area contributed by atoms with Gasteiger partial charge in [-0.1, -0.05) is 35.9 Å². The van der Waals surface area contributed by atoms with Crippen molar-refractivity contribution in [3.05, 3.63) is 69.8 Å². The topological polar surface area (TPSA) is 75.2 Å². The number of fused-ring (bicyclic) bond motifs is 1. The SMILES string of the molecule is CN(C1C=CC=C2C=C(c3nccs3)NC21C)S(=O)(=O)c1cccc(Cl)n1. The van der Waals surface area contributed by atoms with Crippen LogP contribution in [0.15, 0.2) is 64.7 Å². The Kier molecular flexibility index (Phi) is 4.46. The molecule has 2 aliphatic rings. The number of thiazole rings is 1. The van der Waals surface area contributed by atoms with Gasteiger partial charge >= 0.3 is 0 Å². The number of aromatic nitrogens is 2. The van der Waals surface area contributed by atoms with Crippen molar-refractivity contribution in [2.75, 3.05) is 7.05 Å². The van der Waals surface area contributed by atoms with Gasteiger partial charge in [0.05, 0.1) is 17.3 Å². The molecule has 2 aromatic rings. The Bertz CT molecular complexity index is 1080. The highest BCUT2D eigenvalue weighted by Gasteiger charge is 2.46. The molecule has 1 aliphatic carbocycles. The van der Waals surface area contributed by atoms with Crippen molar-refractivity contribution in [3.8, 4) is 0 Å². The largest absolute Gasteiger partial charge is 0.371 e. The first-order valence-corrected chi connectivity index (χ1v) is 10.9. The first-order valence-electron chi connectivity index (χ1n) is 8.22. The number of hydrogen-bond donors (Lipinski definition) is 1. The van der Waals surface area contributed by atoms with Crippen LogP contribution in [-0.2, 0) is 10.0 Å². The van der Waals surface area contributed by atoms with Crippen LogP contribution >= 0.6 is 22.9 Å². The zero-order valence-corrected chi connectivity index (χ0v) is 17.0. The van der Waals surface area contributed by atoms with Gasteiger partial charge in [-0.05, 0) is 30.7 Å². The van der Waals surface area contributed by atoms with Crippen LogP contribution in [0.5, 0.6) is 0 Å². The molecule has 2 atom stereocenters. The third kappa shape index (κ3) is 3.02. The molecule has 0 amide bonds. The molecule has 0 aromatic carbocycles. The van der Waals surface area contributed by atoms with Crippen LogP contribution in [0, 0.1) is 0 Å². The number of allylic oxidation sites excluding steroid dienone is 2. The van der Waals surface area contributed by atoms with Crippen molar-refractivity contribution >= 4 is 38.7 Å². The van der Waals surface area contributed by atoms with Crippen molar-refractivity contribution in [2.24, 2.45) is 0 Å². The van der Waals surface area contributed by atoms with Crippen molar-refractivity contribution in [1.29, 1.82) is 0 Å². The van der Waals surface area contributed by atoms with Gasteiger partial charge in [0, 0.05) is 18.6 Å². The van der Waals surface area contributed by atoms with Crippen molar-refractivity contribution < 1.29 is 8.42 Å². The van der Waals surface area contributed by atoms with E-state index < -0.39 is 21.6 Å². The molecule has 0 spiro atoms. The standard InChI is InChI=1S/C18H17ClN4O2S2/c1-18-12(11-13(22-18)17-20-9-10-26-17)5-3-6-14(18)23(2)27(24,25)16-8-4-7-15(19)21-16/h3-11,14,22H,1-2H3. The Labute approximate surface area is 167 Å². The summed E-state index contributed by atoms with van der Waals surface area (Å²) in [5, 5.41) is 6.32. The molecular formula is C18H17ClN4O2S2. The van der Waals surface area contributed by atoms with E-state index in [4.69, 9.17) is 11.6 Å². The third-order valence-electron chi connectivity index (χ3n) is 4.84. The van der Waals surface area contributed by atoms with Gasteiger partial charge < -0.3 is 5.32 Å². The molecular weight excluding hydrogens is 404 g/mol. The molecule has 1 aliphatic heterocycles. The summed E-state index contributed by atoms with van der Waals surface area (Å²) in [6.07, 6.45) is 9.51. The lowest BCUT2D eigenvalue weighted by atomic mass is 9.82. The predicted octanol–water partition coefficient (Wildman–Crippen LogP) is 3.08. The lowest BCUT2D eigenvalue weighted by Crippen LogP contribution is -2.57. The van der Waals surface area contributed by atoms with Crippen LogP contribution in [0.2, 0.25) is 5.15 Å².